The van der Waals surface area contributed by atoms with E-state index in [4.69, 9.17) is 13.9 Å². The third kappa shape index (κ3) is 2.09. The zero-order valence-electron chi connectivity index (χ0n) is 13.4. The predicted octanol–water partition coefficient (Wildman–Crippen LogP) is 4.06. The van der Waals surface area contributed by atoms with Crippen molar-refractivity contribution in [3.63, 3.8) is 0 Å². The summed E-state index contributed by atoms with van der Waals surface area (Å²) in [7, 11) is 1.59. The summed E-state index contributed by atoms with van der Waals surface area (Å²) in [5.74, 6) is 1.28. The van der Waals surface area contributed by atoms with Crippen LogP contribution in [-0.4, -0.2) is 12.7 Å². The van der Waals surface area contributed by atoms with Crippen LogP contribution < -0.4 is 14.9 Å². The molecular weight excluding hydrogens is 292 g/mol. The van der Waals surface area contributed by atoms with Crippen molar-refractivity contribution >= 4 is 21.9 Å². The monoisotopic (exact) mass is 310 g/mol. The van der Waals surface area contributed by atoms with E-state index in [2.05, 4.69) is 13.8 Å². The molecular formula is C19H18O4. The highest BCUT2D eigenvalue weighted by Crippen LogP contribution is 2.44. The summed E-state index contributed by atoms with van der Waals surface area (Å²) in [4.78, 5) is 12.8. The van der Waals surface area contributed by atoms with Crippen molar-refractivity contribution in [2.75, 3.05) is 7.11 Å². The van der Waals surface area contributed by atoms with Crippen molar-refractivity contribution in [3.05, 3.63) is 46.1 Å². The van der Waals surface area contributed by atoms with Crippen LogP contribution in [-0.2, 0) is 6.42 Å². The number of para-hydroxylation sites is 1. The predicted molar refractivity (Wildman–Crippen MR) is 89.6 cm³/mol. The lowest BCUT2D eigenvalue weighted by Gasteiger charge is -2.33. The molecule has 0 amide bonds. The molecule has 1 aliphatic heterocycles. The minimum absolute atomic E-state index is 0.0345. The molecule has 0 saturated carbocycles. The summed E-state index contributed by atoms with van der Waals surface area (Å²) in [6.07, 6.45) is 1.65. The number of ether oxygens (including phenoxy) is 2. The number of hydrogen-bond donors (Lipinski definition) is 0. The summed E-state index contributed by atoms with van der Waals surface area (Å²) in [6, 6.07) is 9.04. The first kappa shape index (κ1) is 14.1. The molecule has 4 nitrogen and oxygen atoms in total. The number of fused-ring (bicyclic) bond motifs is 4. The minimum atomic E-state index is -0.259. The van der Waals surface area contributed by atoms with Crippen LogP contribution in [0, 0.1) is 0 Å². The Kier molecular flexibility index (Phi) is 2.92. The van der Waals surface area contributed by atoms with E-state index >= 15 is 0 Å². The second-order valence-electron chi connectivity index (χ2n) is 6.55. The van der Waals surface area contributed by atoms with Crippen LogP contribution in [0.5, 0.6) is 11.5 Å². The van der Waals surface area contributed by atoms with Crippen LogP contribution in [0.2, 0.25) is 0 Å². The largest absolute Gasteiger partial charge is 0.493 e. The Labute approximate surface area is 133 Å². The van der Waals surface area contributed by atoms with Crippen molar-refractivity contribution in [1.82, 2.24) is 0 Å². The van der Waals surface area contributed by atoms with Gasteiger partial charge in [0, 0.05) is 5.56 Å². The lowest BCUT2D eigenvalue weighted by Crippen LogP contribution is -2.33. The normalized spacial score (nSPS) is 16.1. The Balaban J connectivity index is 2.14. The first-order chi connectivity index (χ1) is 11.0. The highest BCUT2D eigenvalue weighted by Gasteiger charge is 2.32. The Morgan fingerprint density at radius 3 is 2.74 bits per heavy atom. The van der Waals surface area contributed by atoms with Gasteiger partial charge < -0.3 is 13.9 Å². The molecule has 23 heavy (non-hydrogen) atoms. The summed E-state index contributed by atoms with van der Waals surface area (Å²) >= 11 is 0. The standard InChI is InChI=1S/C19H18O4/c1-19(2)9-8-12-17-13(10-15(21-3)18(12)23-19)16(20)11-6-4-5-7-14(11)22-17/h4-7,10H,8-9H2,1-3H3. The van der Waals surface area contributed by atoms with Gasteiger partial charge in [0.25, 0.3) is 0 Å². The molecule has 4 rings (SSSR count). The summed E-state index contributed by atoms with van der Waals surface area (Å²) in [5, 5.41) is 1.13. The van der Waals surface area contributed by atoms with Gasteiger partial charge in [0.1, 0.15) is 16.8 Å². The number of methoxy groups -OCH3 is 1. The minimum Gasteiger partial charge on any atom is -0.493 e. The van der Waals surface area contributed by atoms with E-state index in [0.717, 1.165) is 18.4 Å². The molecule has 0 atom stereocenters. The maximum atomic E-state index is 12.8. The van der Waals surface area contributed by atoms with Crippen LogP contribution in [0.25, 0.3) is 21.9 Å². The number of rotatable bonds is 1. The number of benzene rings is 2. The van der Waals surface area contributed by atoms with E-state index < -0.39 is 0 Å². The maximum Gasteiger partial charge on any atom is 0.200 e. The molecule has 4 heteroatoms. The second kappa shape index (κ2) is 4.75. The zero-order valence-corrected chi connectivity index (χ0v) is 13.4. The van der Waals surface area contributed by atoms with Crippen molar-refractivity contribution in [1.29, 1.82) is 0 Å². The fourth-order valence-electron chi connectivity index (χ4n) is 3.20. The van der Waals surface area contributed by atoms with Crippen LogP contribution in [0.4, 0.5) is 0 Å². The Hall–Kier alpha value is -2.49. The quantitative estimate of drug-likeness (QED) is 0.636. The average Bonchev–Trinajstić information content (AvgIpc) is 2.53. The fourth-order valence-corrected chi connectivity index (χ4v) is 3.20. The van der Waals surface area contributed by atoms with Crippen LogP contribution in [0.3, 0.4) is 0 Å². The van der Waals surface area contributed by atoms with Crippen LogP contribution in [0.1, 0.15) is 25.8 Å². The average molecular weight is 310 g/mol. The molecule has 0 N–H and O–H groups in total. The van der Waals surface area contributed by atoms with Crippen LogP contribution >= 0.6 is 0 Å². The van der Waals surface area contributed by atoms with Gasteiger partial charge in [-0.2, -0.15) is 0 Å². The Morgan fingerprint density at radius 1 is 1.17 bits per heavy atom. The van der Waals surface area contributed by atoms with Gasteiger partial charge in [0.05, 0.1) is 17.9 Å². The van der Waals surface area contributed by atoms with E-state index in [1.165, 1.54) is 0 Å². The maximum absolute atomic E-state index is 12.8. The van der Waals surface area contributed by atoms with E-state index in [1.807, 2.05) is 18.2 Å². The summed E-state index contributed by atoms with van der Waals surface area (Å²) in [5.41, 5.74) is 1.84. The molecule has 2 aromatic carbocycles. The molecule has 1 aliphatic rings. The lowest BCUT2D eigenvalue weighted by molar-refractivity contribution is 0.0807. The van der Waals surface area contributed by atoms with E-state index in [1.54, 1.807) is 19.2 Å². The van der Waals surface area contributed by atoms with Gasteiger partial charge in [-0.1, -0.05) is 12.1 Å². The van der Waals surface area contributed by atoms with E-state index in [0.29, 0.717) is 33.4 Å². The topological polar surface area (TPSA) is 48.7 Å². The summed E-state index contributed by atoms with van der Waals surface area (Å²) < 4.78 is 17.6. The van der Waals surface area contributed by atoms with Gasteiger partial charge >= 0.3 is 0 Å². The molecule has 0 saturated heterocycles. The second-order valence-corrected chi connectivity index (χ2v) is 6.55. The first-order valence-electron chi connectivity index (χ1n) is 7.74. The van der Waals surface area contributed by atoms with Gasteiger partial charge in [0.2, 0.25) is 5.43 Å². The molecule has 2 heterocycles. The van der Waals surface area contributed by atoms with E-state index in [-0.39, 0.29) is 11.0 Å². The molecule has 3 aromatic rings. The first-order valence-corrected chi connectivity index (χ1v) is 7.74. The van der Waals surface area contributed by atoms with Crippen molar-refractivity contribution in [2.24, 2.45) is 0 Å². The lowest BCUT2D eigenvalue weighted by atomic mass is 9.92. The van der Waals surface area contributed by atoms with Gasteiger partial charge in [0.15, 0.2) is 11.5 Å². The number of aryl methyl sites for hydroxylation is 1. The molecule has 0 bridgehead atoms. The molecule has 0 fully saturated rings. The molecule has 0 radical (unpaired) electrons. The molecule has 1 aromatic heterocycles. The van der Waals surface area contributed by atoms with Gasteiger partial charge in [-0.25, -0.2) is 0 Å². The Morgan fingerprint density at radius 2 is 1.96 bits per heavy atom. The molecule has 0 spiro atoms. The van der Waals surface area contributed by atoms with Crippen molar-refractivity contribution < 1.29 is 13.9 Å². The third-order valence-corrected chi connectivity index (χ3v) is 4.46. The van der Waals surface area contributed by atoms with Gasteiger partial charge in [-0.15, -0.1) is 0 Å². The zero-order chi connectivity index (χ0) is 16.2. The molecule has 0 unspecified atom stereocenters. The molecule has 0 aliphatic carbocycles. The smallest absolute Gasteiger partial charge is 0.200 e. The van der Waals surface area contributed by atoms with Gasteiger partial charge in [-0.3, -0.25) is 4.79 Å². The van der Waals surface area contributed by atoms with Gasteiger partial charge in [-0.05, 0) is 44.9 Å². The number of hydrogen-bond acceptors (Lipinski definition) is 4. The highest BCUT2D eigenvalue weighted by molar-refractivity contribution is 5.93. The van der Waals surface area contributed by atoms with Crippen LogP contribution in [0.15, 0.2) is 39.5 Å². The molecule has 118 valence electrons. The van der Waals surface area contributed by atoms with Crippen molar-refractivity contribution in [2.45, 2.75) is 32.3 Å². The SMILES string of the molecule is COc1cc2c(=O)c3ccccc3oc2c2c1OC(C)(C)CC2. The Bertz CT molecular complexity index is 982. The third-order valence-electron chi connectivity index (χ3n) is 4.46. The highest BCUT2D eigenvalue weighted by atomic mass is 16.5. The van der Waals surface area contributed by atoms with E-state index in [9.17, 15) is 4.79 Å². The summed E-state index contributed by atoms with van der Waals surface area (Å²) in [6.45, 7) is 4.10. The van der Waals surface area contributed by atoms with Crippen molar-refractivity contribution in [3.8, 4) is 11.5 Å². The fraction of sp³-hybridized carbons (Fsp3) is 0.316.